The van der Waals surface area contributed by atoms with E-state index in [1.807, 2.05) is 104 Å². The van der Waals surface area contributed by atoms with Crippen molar-refractivity contribution in [1.82, 2.24) is 4.57 Å². The number of ether oxygens (including phenoxy) is 3. The van der Waals surface area contributed by atoms with Crippen molar-refractivity contribution in [3.8, 4) is 11.5 Å². The van der Waals surface area contributed by atoms with Crippen LogP contribution in [0.3, 0.4) is 0 Å². The lowest BCUT2D eigenvalue weighted by Gasteiger charge is -2.25. The number of nitrogens with one attached hydrogen (secondary N) is 1. The molecule has 4 aromatic carbocycles. The predicted octanol–water partition coefficient (Wildman–Crippen LogP) is 6.03. The Balaban J connectivity index is 1.31. The fraction of sp³-hybridized carbons (Fsp3) is 0.179. The molecule has 0 spiro atoms. The van der Waals surface area contributed by atoms with E-state index in [0.717, 1.165) is 16.7 Å². The number of hydrogen-bond donors (Lipinski definition) is 1. The van der Waals surface area contributed by atoms with E-state index in [0.29, 0.717) is 63.2 Å². The molecule has 6 rings (SSSR count). The highest BCUT2D eigenvalue weighted by Crippen LogP contribution is 2.32. The summed E-state index contributed by atoms with van der Waals surface area (Å²) in [6, 6.07) is 30.5. The fourth-order valence-corrected chi connectivity index (χ4v) is 6.57. The van der Waals surface area contributed by atoms with Gasteiger partial charge in [0.25, 0.3) is 11.5 Å². The van der Waals surface area contributed by atoms with Gasteiger partial charge in [-0.25, -0.2) is 9.79 Å². The number of allylic oxidation sites excluding steroid dienone is 1. The Bertz CT molecular complexity index is 2190. The molecule has 1 aromatic heterocycles. The maximum absolute atomic E-state index is 14.2. The fourth-order valence-electron chi connectivity index (χ4n) is 5.52. The Morgan fingerprint density at radius 3 is 2.35 bits per heavy atom. The molecule has 1 aliphatic heterocycles. The molecule has 49 heavy (non-hydrogen) atoms. The molecule has 0 aliphatic carbocycles. The number of fused-ring (bicyclic) bond motifs is 1. The van der Waals surface area contributed by atoms with Gasteiger partial charge in [0.2, 0.25) is 0 Å². The van der Waals surface area contributed by atoms with E-state index >= 15 is 0 Å². The zero-order chi connectivity index (χ0) is 34.3. The summed E-state index contributed by atoms with van der Waals surface area (Å²) in [5, 5.41) is 2.98. The summed E-state index contributed by atoms with van der Waals surface area (Å²) < 4.78 is 18.8. The van der Waals surface area contributed by atoms with Crippen LogP contribution in [0.1, 0.15) is 53.9 Å². The van der Waals surface area contributed by atoms with Gasteiger partial charge in [0.15, 0.2) is 4.80 Å². The lowest BCUT2D eigenvalue weighted by atomic mass is 9.95. The summed E-state index contributed by atoms with van der Waals surface area (Å²) in [6.07, 6.45) is 1.81. The van der Waals surface area contributed by atoms with Gasteiger partial charge in [-0.1, -0.05) is 65.9 Å². The van der Waals surface area contributed by atoms with Crippen molar-refractivity contribution < 1.29 is 23.8 Å². The number of esters is 1. The number of thiazole rings is 1. The van der Waals surface area contributed by atoms with E-state index in [2.05, 4.69) is 5.32 Å². The third-order valence-corrected chi connectivity index (χ3v) is 8.81. The van der Waals surface area contributed by atoms with Gasteiger partial charge in [0, 0.05) is 5.69 Å². The highest BCUT2D eigenvalue weighted by molar-refractivity contribution is 7.07. The second kappa shape index (κ2) is 15.0. The molecule has 9 nitrogen and oxygen atoms in total. The summed E-state index contributed by atoms with van der Waals surface area (Å²) in [4.78, 5) is 45.2. The number of rotatable bonds is 11. The molecule has 1 atom stereocenters. The number of benzene rings is 4. The molecule has 0 radical (unpaired) electrons. The van der Waals surface area contributed by atoms with Crippen molar-refractivity contribution in [3.63, 3.8) is 0 Å². The van der Waals surface area contributed by atoms with E-state index < -0.39 is 6.04 Å². The Hall–Kier alpha value is -5.74. The van der Waals surface area contributed by atoms with E-state index in [4.69, 9.17) is 19.2 Å². The third-order valence-electron chi connectivity index (χ3n) is 7.83. The minimum Gasteiger partial charge on any atom is -0.494 e. The molecule has 0 saturated carbocycles. The van der Waals surface area contributed by atoms with Gasteiger partial charge in [-0.2, -0.15) is 0 Å². The number of nitrogens with zero attached hydrogens (tertiary/aromatic N) is 2. The van der Waals surface area contributed by atoms with Crippen molar-refractivity contribution in [1.29, 1.82) is 0 Å². The second-order valence-corrected chi connectivity index (χ2v) is 12.2. The molecular formula is C39H35N3O6S. The Morgan fingerprint density at radius 1 is 0.878 bits per heavy atom. The zero-order valence-corrected chi connectivity index (χ0v) is 28.2. The maximum Gasteiger partial charge on any atom is 0.338 e. The molecule has 2 heterocycles. The van der Waals surface area contributed by atoms with Crippen LogP contribution in [-0.4, -0.2) is 29.7 Å². The molecule has 5 aromatic rings. The molecular weight excluding hydrogens is 639 g/mol. The first-order valence-corrected chi connectivity index (χ1v) is 16.8. The van der Waals surface area contributed by atoms with Gasteiger partial charge in [0.1, 0.15) is 18.1 Å². The summed E-state index contributed by atoms with van der Waals surface area (Å²) in [5.41, 5.74) is 4.22. The van der Waals surface area contributed by atoms with Gasteiger partial charge in [-0.15, -0.1) is 0 Å². The van der Waals surface area contributed by atoms with Gasteiger partial charge in [-0.05, 0) is 92.1 Å². The van der Waals surface area contributed by atoms with Crippen LogP contribution in [0.15, 0.2) is 124 Å². The first kappa shape index (κ1) is 33.2. The minimum absolute atomic E-state index is 0.256. The molecule has 10 heteroatoms. The van der Waals surface area contributed by atoms with Crippen molar-refractivity contribution in [2.75, 3.05) is 18.5 Å². The van der Waals surface area contributed by atoms with Crippen LogP contribution in [0.2, 0.25) is 0 Å². The number of hydrogen-bond acceptors (Lipinski definition) is 8. The monoisotopic (exact) mass is 673 g/mol. The van der Waals surface area contributed by atoms with Crippen LogP contribution in [-0.2, 0) is 16.1 Å². The van der Waals surface area contributed by atoms with Crippen LogP contribution >= 0.6 is 11.3 Å². The number of aromatic nitrogens is 1. The van der Waals surface area contributed by atoms with Gasteiger partial charge >= 0.3 is 5.97 Å². The molecule has 1 N–H and O–H groups in total. The summed E-state index contributed by atoms with van der Waals surface area (Å²) in [5.74, 6) is 0.631. The van der Waals surface area contributed by atoms with Crippen molar-refractivity contribution in [2.45, 2.75) is 33.4 Å². The molecule has 1 amide bonds. The SMILES string of the molecule is CCOC(=O)c1ccc(COc2cccc(/C=c3\sc4n(c3=O)[C@H](c3ccc(OCC)cc3)C(C(=O)Nc3ccccc3)=C(C)N=4)c2)cc1. The standard InChI is InChI=1S/C39H35N3O6S/c1-4-46-31-20-18-28(19-21-31)35-34(36(43)41-30-11-7-6-8-12-30)25(3)40-39-42(35)37(44)33(49-39)23-27-10-9-13-32(22-27)48-24-26-14-16-29(17-15-26)38(45)47-5-2/h6-23,35H,4-5,24H2,1-3H3,(H,41,43)/b33-23-/t35-/m1/s1. The number of carbonyl (C=O) groups excluding carboxylic acids is 2. The van der Waals surface area contributed by atoms with Crippen LogP contribution in [0, 0.1) is 0 Å². The van der Waals surface area contributed by atoms with E-state index in [1.165, 1.54) is 11.3 Å². The Kier molecular flexibility index (Phi) is 10.2. The second-order valence-electron chi connectivity index (χ2n) is 11.2. The molecule has 0 bridgehead atoms. The van der Waals surface area contributed by atoms with Gasteiger partial charge in [-0.3, -0.25) is 14.2 Å². The van der Waals surface area contributed by atoms with Crippen molar-refractivity contribution in [2.24, 2.45) is 4.99 Å². The zero-order valence-electron chi connectivity index (χ0n) is 27.3. The lowest BCUT2D eigenvalue weighted by molar-refractivity contribution is -0.113. The molecule has 1 aliphatic rings. The van der Waals surface area contributed by atoms with E-state index in [-0.39, 0.29) is 17.4 Å². The third kappa shape index (κ3) is 7.55. The Morgan fingerprint density at radius 2 is 1.63 bits per heavy atom. The van der Waals surface area contributed by atoms with E-state index in [1.54, 1.807) is 30.5 Å². The molecule has 0 unspecified atom stereocenters. The average molecular weight is 674 g/mol. The normalized spacial score (nSPS) is 14.1. The number of amides is 1. The number of carbonyl (C=O) groups is 2. The van der Waals surface area contributed by atoms with Crippen LogP contribution < -0.4 is 29.7 Å². The van der Waals surface area contributed by atoms with Crippen molar-refractivity contribution >= 4 is 35.0 Å². The minimum atomic E-state index is -0.706. The summed E-state index contributed by atoms with van der Waals surface area (Å²) >= 11 is 1.27. The van der Waals surface area contributed by atoms with Gasteiger partial charge < -0.3 is 19.5 Å². The predicted molar refractivity (Wildman–Crippen MR) is 190 cm³/mol. The quantitative estimate of drug-likeness (QED) is 0.172. The summed E-state index contributed by atoms with van der Waals surface area (Å²) in [6.45, 7) is 6.62. The average Bonchev–Trinajstić information content (AvgIpc) is 3.41. The first-order valence-electron chi connectivity index (χ1n) is 15.9. The van der Waals surface area contributed by atoms with E-state index in [9.17, 15) is 14.4 Å². The maximum atomic E-state index is 14.2. The van der Waals surface area contributed by atoms with Crippen LogP contribution in [0.25, 0.3) is 6.08 Å². The highest BCUT2D eigenvalue weighted by Gasteiger charge is 2.32. The number of para-hydroxylation sites is 1. The highest BCUT2D eigenvalue weighted by atomic mass is 32.1. The summed E-state index contributed by atoms with van der Waals surface area (Å²) in [7, 11) is 0. The lowest BCUT2D eigenvalue weighted by Crippen LogP contribution is -2.40. The smallest absolute Gasteiger partial charge is 0.338 e. The number of anilines is 1. The molecule has 0 fully saturated rings. The van der Waals surface area contributed by atoms with Gasteiger partial charge in [0.05, 0.1) is 40.6 Å². The molecule has 0 saturated heterocycles. The molecule has 248 valence electrons. The topological polar surface area (TPSA) is 108 Å². The van der Waals surface area contributed by atoms with Crippen LogP contribution in [0.4, 0.5) is 5.69 Å². The first-order chi connectivity index (χ1) is 23.8. The van der Waals surface area contributed by atoms with Crippen molar-refractivity contribution in [3.05, 3.63) is 156 Å². The Labute approximate surface area is 287 Å². The largest absolute Gasteiger partial charge is 0.494 e. The van der Waals surface area contributed by atoms with Crippen LogP contribution in [0.5, 0.6) is 11.5 Å².